The lowest BCUT2D eigenvalue weighted by Crippen LogP contribution is -1.96. The van der Waals surface area contributed by atoms with Gasteiger partial charge < -0.3 is 5.11 Å². The fraction of sp³-hybridized carbons (Fsp3) is 0.0714. The van der Waals surface area contributed by atoms with Gasteiger partial charge in [0.15, 0.2) is 0 Å². The Morgan fingerprint density at radius 1 is 1.11 bits per heavy atom. The van der Waals surface area contributed by atoms with Gasteiger partial charge in [0.25, 0.3) is 0 Å². The Kier molecular flexibility index (Phi) is 2.93. The third-order valence-corrected chi connectivity index (χ3v) is 4.62. The molecule has 0 saturated heterocycles. The number of rotatable bonds is 1. The monoisotopic (exact) mass is 310 g/mol. The van der Waals surface area contributed by atoms with Crippen LogP contribution in [0.3, 0.4) is 0 Å². The van der Waals surface area contributed by atoms with Gasteiger partial charge in [-0.1, -0.05) is 23.2 Å². The summed E-state index contributed by atoms with van der Waals surface area (Å²) in [6.07, 6.45) is 0. The maximum absolute atomic E-state index is 11.4. The number of hydrogen-bond acceptors (Lipinski definition) is 2. The predicted molar refractivity (Wildman–Crippen MR) is 81.0 cm³/mol. The van der Waals surface area contributed by atoms with E-state index in [1.54, 1.807) is 12.1 Å². The highest BCUT2D eigenvalue weighted by Crippen LogP contribution is 2.38. The predicted octanol–water partition coefficient (Wildman–Crippen LogP) is 5.37. The average Bonchev–Trinajstić information content (AvgIpc) is 2.69. The second kappa shape index (κ2) is 4.37. The van der Waals surface area contributed by atoms with Crippen LogP contribution in [-0.2, 0) is 0 Å². The summed E-state index contributed by atoms with van der Waals surface area (Å²) in [5.74, 6) is -0.945. The standard InChI is InChI=1S/C14H8Cl2O2S/c1-6-2-10-8-3-7(15)4-12(16)9(8)5-11(14(17)18)13(10)19-6/h2-5H,1H3,(H,17,18). The van der Waals surface area contributed by atoms with Crippen molar-refractivity contribution in [2.45, 2.75) is 6.92 Å². The molecular weight excluding hydrogens is 303 g/mol. The van der Waals surface area contributed by atoms with Crippen LogP contribution in [-0.4, -0.2) is 11.1 Å². The van der Waals surface area contributed by atoms with E-state index >= 15 is 0 Å². The van der Waals surface area contributed by atoms with E-state index in [1.165, 1.54) is 11.3 Å². The van der Waals surface area contributed by atoms with Crippen molar-refractivity contribution in [3.63, 3.8) is 0 Å². The van der Waals surface area contributed by atoms with Gasteiger partial charge in [0.05, 0.1) is 5.56 Å². The van der Waals surface area contributed by atoms with Gasteiger partial charge in [-0.05, 0) is 36.6 Å². The van der Waals surface area contributed by atoms with Crippen LogP contribution in [0.4, 0.5) is 0 Å². The number of carboxylic acid groups (broad SMARTS) is 1. The average molecular weight is 311 g/mol. The van der Waals surface area contributed by atoms with Crippen molar-refractivity contribution in [1.29, 1.82) is 0 Å². The first-order valence-electron chi connectivity index (χ1n) is 5.52. The third-order valence-electron chi connectivity index (χ3n) is 3.00. The number of hydrogen-bond donors (Lipinski definition) is 1. The molecule has 0 aliphatic carbocycles. The van der Waals surface area contributed by atoms with Crippen LogP contribution in [0.15, 0.2) is 24.3 Å². The highest BCUT2D eigenvalue weighted by atomic mass is 35.5. The number of carboxylic acids is 1. The zero-order valence-electron chi connectivity index (χ0n) is 9.83. The van der Waals surface area contributed by atoms with Gasteiger partial charge in [0.1, 0.15) is 0 Å². The molecule has 2 nitrogen and oxygen atoms in total. The molecular formula is C14H8Cl2O2S. The number of thiophene rings is 1. The Morgan fingerprint density at radius 3 is 2.53 bits per heavy atom. The number of fused-ring (bicyclic) bond motifs is 3. The van der Waals surface area contributed by atoms with E-state index in [2.05, 4.69) is 0 Å². The van der Waals surface area contributed by atoms with Crippen LogP contribution in [0.2, 0.25) is 10.0 Å². The van der Waals surface area contributed by atoms with Gasteiger partial charge in [-0.15, -0.1) is 11.3 Å². The molecule has 19 heavy (non-hydrogen) atoms. The molecule has 3 rings (SSSR count). The fourth-order valence-corrected chi connectivity index (χ4v) is 3.82. The zero-order chi connectivity index (χ0) is 13.7. The van der Waals surface area contributed by atoms with Crippen molar-refractivity contribution < 1.29 is 9.90 Å². The highest BCUT2D eigenvalue weighted by Gasteiger charge is 2.16. The second-order valence-corrected chi connectivity index (χ2v) is 6.41. The van der Waals surface area contributed by atoms with Gasteiger partial charge in [-0.2, -0.15) is 0 Å². The molecule has 0 aliphatic rings. The van der Waals surface area contributed by atoms with Crippen LogP contribution in [0, 0.1) is 6.92 Å². The highest BCUT2D eigenvalue weighted by molar-refractivity contribution is 7.19. The lowest BCUT2D eigenvalue weighted by atomic mass is 10.0. The molecule has 1 N–H and O–H groups in total. The minimum Gasteiger partial charge on any atom is -0.478 e. The van der Waals surface area contributed by atoms with Crippen LogP contribution >= 0.6 is 34.5 Å². The molecule has 0 bridgehead atoms. The summed E-state index contributed by atoms with van der Waals surface area (Å²) in [7, 11) is 0. The number of benzene rings is 2. The van der Waals surface area contributed by atoms with Crippen LogP contribution in [0.25, 0.3) is 20.9 Å². The van der Waals surface area contributed by atoms with Gasteiger partial charge in [0.2, 0.25) is 0 Å². The van der Waals surface area contributed by atoms with Crippen LogP contribution in [0.1, 0.15) is 15.2 Å². The van der Waals surface area contributed by atoms with Gasteiger partial charge in [0, 0.05) is 30.4 Å². The number of aromatic carboxylic acids is 1. The molecule has 2 aromatic carbocycles. The molecule has 0 radical (unpaired) electrons. The quantitative estimate of drug-likeness (QED) is 0.656. The summed E-state index contributed by atoms with van der Waals surface area (Å²) < 4.78 is 0.760. The maximum atomic E-state index is 11.4. The van der Waals surface area contributed by atoms with Gasteiger partial charge in [-0.25, -0.2) is 4.79 Å². The lowest BCUT2D eigenvalue weighted by Gasteiger charge is -2.06. The van der Waals surface area contributed by atoms with Gasteiger partial charge >= 0.3 is 5.97 Å². The number of halogens is 2. The van der Waals surface area contributed by atoms with Crippen molar-refractivity contribution in [3.05, 3.63) is 44.8 Å². The molecule has 0 saturated carbocycles. The topological polar surface area (TPSA) is 37.3 Å². The van der Waals surface area contributed by atoms with E-state index in [4.69, 9.17) is 23.2 Å². The first-order chi connectivity index (χ1) is 8.97. The van der Waals surface area contributed by atoms with E-state index in [-0.39, 0.29) is 5.56 Å². The molecule has 0 unspecified atom stereocenters. The summed E-state index contributed by atoms with van der Waals surface area (Å²) in [6, 6.07) is 7.04. The Balaban J connectivity index is 2.61. The Labute approximate surface area is 123 Å². The van der Waals surface area contributed by atoms with Crippen molar-refractivity contribution in [1.82, 2.24) is 0 Å². The maximum Gasteiger partial charge on any atom is 0.337 e. The third kappa shape index (κ3) is 1.98. The Morgan fingerprint density at radius 2 is 1.84 bits per heavy atom. The van der Waals surface area contributed by atoms with Crippen molar-refractivity contribution in [3.8, 4) is 0 Å². The lowest BCUT2D eigenvalue weighted by molar-refractivity contribution is 0.0699. The summed E-state index contributed by atoms with van der Waals surface area (Å²) in [5.41, 5.74) is 0.282. The Bertz CT molecular complexity index is 836. The molecule has 0 amide bonds. The molecule has 0 atom stereocenters. The van der Waals surface area contributed by atoms with Crippen molar-refractivity contribution in [2.24, 2.45) is 0 Å². The van der Waals surface area contributed by atoms with E-state index in [1.807, 2.05) is 19.1 Å². The molecule has 1 heterocycles. The fourth-order valence-electron chi connectivity index (χ4n) is 2.24. The van der Waals surface area contributed by atoms with Crippen LogP contribution in [0.5, 0.6) is 0 Å². The zero-order valence-corrected chi connectivity index (χ0v) is 12.2. The van der Waals surface area contributed by atoms with E-state index < -0.39 is 5.97 Å². The first kappa shape index (κ1) is 12.7. The van der Waals surface area contributed by atoms with E-state index in [0.29, 0.717) is 15.4 Å². The van der Waals surface area contributed by atoms with Crippen molar-refractivity contribution in [2.75, 3.05) is 0 Å². The minimum absolute atomic E-state index is 0.282. The summed E-state index contributed by atoms with van der Waals surface area (Å²) >= 11 is 13.7. The SMILES string of the molecule is Cc1cc2c(s1)c(C(=O)O)cc1c(Cl)cc(Cl)cc12. The molecule has 5 heteroatoms. The largest absolute Gasteiger partial charge is 0.478 e. The molecule has 0 aliphatic heterocycles. The summed E-state index contributed by atoms with van der Waals surface area (Å²) in [5, 5.41) is 12.8. The first-order valence-corrected chi connectivity index (χ1v) is 7.10. The summed E-state index contributed by atoms with van der Waals surface area (Å²) in [6.45, 7) is 1.95. The molecule has 1 aromatic heterocycles. The molecule has 0 fully saturated rings. The summed E-state index contributed by atoms with van der Waals surface area (Å²) in [4.78, 5) is 12.4. The number of carbonyl (C=O) groups is 1. The molecule has 0 spiro atoms. The second-order valence-electron chi connectivity index (χ2n) is 4.31. The molecule has 96 valence electrons. The molecule has 3 aromatic rings. The minimum atomic E-state index is -0.945. The number of aryl methyl sites for hydroxylation is 1. The van der Waals surface area contributed by atoms with Crippen LogP contribution < -0.4 is 0 Å². The van der Waals surface area contributed by atoms with Crippen molar-refractivity contribution >= 4 is 61.4 Å². The van der Waals surface area contributed by atoms with E-state index in [9.17, 15) is 9.90 Å². The van der Waals surface area contributed by atoms with E-state index in [0.717, 1.165) is 20.3 Å². The smallest absolute Gasteiger partial charge is 0.337 e. The Hall–Kier alpha value is -1.29. The van der Waals surface area contributed by atoms with Gasteiger partial charge in [-0.3, -0.25) is 0 Å². The normalized spacial score (nSPS) is 11.3.